The van der Waals surface area contributed by atoms with Gasteiger partial charge in [0, 0.05) is 25.7 Å². The van der Waals surface area contributed by atoms with Crippen molar-refractivity contribution in [3.05, 3.63) is 0 Å². The second-order valence-corrected chi connectivity index (χ2v) is 5.23. The second kappa shape index (κ2) is 6.50. The molecule has 0 radical (unpaired) electrons. The van der Waals surface area contributed by atoms with Crippen LogP contribution < -0.4 is 5.73 Å². The molecule has 2 aliphatic heterocycles. The summed E-state index contributed by atoms with van der Waals surface area (Å²) in [5.41, 5.74) is 5.90. The topological polar surface area (TPSA) is 64.8 Å². The van der Waals surface area contributed by atoms with E-state index in [2.05, 4.69) is 6.92 Å². The molecule has 1 amide bonds. The number of nitrogens with zero attached hydrogens (tertiary/aromatic N) is 1. The van der Waals surface area contributed by atoms with E-state index < -0.39 is 0 Å². The first-order valence-corrected chi connectivity index (χ1v) is 6.96. The largest absolute Gasteiger partial charge is 0.379 e. The van der Waals surface area contributed by atoms with Gasteiger partial charge < -0.3 is 20.1 Å². The molecule has 5 heteroatoms. The third-order valence-corrected chi connectivity index (χ3v) is 3.69. The predicted molar refractivity (Wildman–Crippen MR) is 68.1 cm³/mol. The zero-order valence-electron chi connectivity index (χ0n) is 11.1. The van der Waals surface area contributed by atoms with E-state index in [1.807, 2.05) is 4.90 Å². The molecular formula is C13H24N2O3. The Bertz CT molecular complexity index is 285. The van der Waals surface area contributed by atoms with Crippen molar-refractivity contribution in [1.29, 1.82) is 0 Å². The third kappa shape index (κ3) is 3.22. The summed E-state index contributed by atoms with van der Waals surface area (Å²) >= 11 is 0. The van der Waals surface area contributed by atoms with Crippen molar-refractivity contribution in [2.45, 2.75) is 38.3 Å². The van der Waals surface area contributed by atoms with Gasteiger partial charge in [-0.1, -0.05) is 6.92 Å². The van der Waals surface area contributed by atoms with Crippen molar-refractivity contribution in [2.75, 3.05) is 32.9 Å². The van der Waals surface area contributed by atoms with Gasteiger partial charge in [-0.25, -0.2) is 0 Å². The van der Waals surface area contributed by atoms with E-state index in [-0.39, 0.29) is 24.0 Å². The van der Waals surface area contributed by atoms with Crippen LogP contribution in [0.15, 0.2) is 0 Å². The molecule has 0 saturated carbocycles. The van der Waals surface area contributed by atoms with Gasteiger partial charge in [0.15, 0.2) is 0 Å². The highest BCUT2D eigenvalue weighted by atomic mass is 16.5. The summed E-state index contributed by atoms with van der Waals surface area (Å²) in [7, 11) is 0. The minimum atomic E-state index is -0.157. The molecule has 3 atom stereocenters. The van der Waals surface area contributed by atoms with Crippen molar-refractivity contribution in [3.8, 4) is 0 Å². The van der Waals surface area contributed by atoms with E-state index in [4.69, 9.17) is 15.2 Å². The van der Waals surface area contributed by atoms with E-state index in [1.165, 1.54) is 0 Å². The molecule has 2 heterocycles. The summed E-state index contributed by atoms with van der Waals surface area (Å²) in [6.07, 6.45) is 3.28. The fraction of sp³-hybridized carbons (Fsp3) is 0.923. The number of carbonyl (C=O) groups excluding carboxylic acids is 1. The maximum Gasteiger partial charge on any atom is 0.229 e. The van der Waals surface area contributed by atoms with Gasteiger partial charge in [-0.05, 0) is 19.3 Å². The first-order chi connectivity index (χ1) is 8.72. The van der Waals surface area contributed by atoms with Crippen LogP contribution in [0.5, 0.6) is 0 Å². The quantitative estimate of drug-likeness (QED) is 0.789. The molecule has 0 aromatic heterocycles. The van der Waals surface area contributed by atoms with Crippen LogP contribution in [0.4, 0.5) is 0 Å². The number of ether oxygens (including phenoxy) is 2. The predicted octanol–water partition coefficient (Wildman–Crippen LogP) is 0.378. The maximum absolute atomic E-state index is 12.3. The fourth-order valence-electron chi connectivity index (χ4n) is 2.62. The smallest absolute Gasteiger partial charge is 0.229 e. The lowest BCUT2D eigenvalue weighted by atomic mass is 10.0. The Morgan fingerprint density at radius 3 is 3.00 bits per heavy atom. The molecule has 0 aromatic carbocycles. The van der Waals surface area contributed by atoms with Crippen molar-refractivity contribution in [1.82, 2.24) is 4.90 Å². The van der Waals surface area contributed by atoms with Gasteiger partial charge in [-0.15, -0.1) is 0 Å². The minimum absolute atomic E-state index is 0.143. The van der Waals surface area contributed by atoms with E-state index >= 15 is 0 Å². The third-order valence-electron chi connectivity index (χ3n) is 3.69. The van der Waals surface area contributed by atoms with Crippen LogP contribution in [0.2, 0.25) is 0 Å². The Balaban J connectivity index is 1.85. The SMILES string of the molecule is CCCOC1CCCN(C(=O)C2COCC2N)C1. The highest BCUT2D eigenvalue weighted by Crippen LogP contribution is 2.20. The van der Waals surface area contributed by atoms with Gasteiger partial charge in [-0.3, -0.25) is 4.79 Å². The summed E-state index contributed by atoms with van der Waals surface area (Å²) < 4.78 is 11.0. The fourth-order valence-corrected chi connectivity index (χ4v) is 2.62. The molecule has 5 nitrogen and oxygen atoms in total. The number of carbonyl (C=O) groups is 1. The summed E-state index contributed by atoms with van der Waals surface area (Å²) in [5.74, 6) is -0.0141. The first-order valence-electron chi connectivity index (χ1n) is 6.96. The van der Waals surface area contributed by atoms with Gasteiger partial charge in [0.1, 0.15) is 0 Å². The van der Waals surface area contributed by atoms with E-state index in [0.717, 1.165) is 32.4 Å². The van der Waals surface area contributed by atoms with E-state index in [9.17, 15) is 4.79 Å². The van der Waals surface area contributed by atoms with E-state index in [1.54, 1.807) is 0 Å². The first kappa shape index (κ1) is 13.8. The average molecular weight is 256 g/mol. The summed E-state index contributed by atoms with van der Waals surface area (Å²) in [5, 5.41) is 0. The van der Waals surface area contributed by atoms with Crippen LogP contribution in [-0.4, -0.2) is 55.9 Å². The Morgan fingerprint density at radius 2 is 2.33 bits per heavy atom. The number of likely N-dealkylation sites (tertiary alicyclic amines) is 1. The standard InChI is InChI=1S/C13H24N2O3/c1-2-6-18-10-4-3-5-15(7-10)13(16)11-8-17-9-12(11)14/h10-12H,2-9,14H2,1H3. The average Bonchev–Trinajstić information content (AvgIpc) is 2.82. The Hall–Kier alpha value is -0.650. The van der Waals surface area contributed by atoms with Crippen LogP contribution >= 0.6 is 0 Å². The lowest BCUT2D eigenvalue weighted by Gasteiger charge is -2.34. The van der Waals surface area contributed by atoms with Crippen molar-refractivity contribution < 1.29 is 14.3 Å². The number of rotatable bonds is 4. The molecule has 2 saturated heterocycles. The number of nitrogens with two attached hydrogens (primary N) is 1. The van der Waals surface area contributed by atoms with Crippen LogP contribution in [0, 0.1) is 5.92 Å². The maximum atomic E-state index is 12.3. The van der Waals surface area contributed by atoms with Crippen molar-refractivity contribution in [3.63, 3.8) is 0 Å². The van der Waals surface area contributed by atoms with Gasteiger partial charge in [0.05, 0.1) is 25.2 Å². The zero-order chi connectivity index (χ0) is 13.0. The summed E-state index contributed by atoms with van der Waals surface area (Å²) in [6, 6.07) is -0.144. The molecule has 2 rings (SSSR count). The summed E-state index contributed by atoms with van der Waals surface area (Å²) in [4.78, 5) is 14.2. The van der Waals surface area contributed by atoms with Crippen molar-refractivity contribution in [2.24, 2.45) is 11.7 Å². The van der Waals surface area contributed by atoms with Crippen LogP contribution in [0.3, 0.4) is 0 Å². The Kier molecular flexibility index (Phi) is 4.97. The highest BCUT2D eigenvalue weighted by Gasteiger charge is 2.36. The molecule has 0 aromatic rings. The Morgan fingerprint density at radius 1 is 1.50 bits per heavy atom. The van der Waals surface area contributed by atoms with Gasteiger partial charge >= 0.3 is 0 Å². The van der Waals surface area contributed by atoms with Gasteiger partial charge in [0.25, 0.3) is 0 Å². The molecule has 3 unspecified atom stereocenters. The minimum Gasteiger partial charge on any atom is -0.379 e. The molecular weight excluding hydrogens is 232 g/mol. The second-order valence-electron chi connectivity index (χ2n) is 5.23. The molecule has 104 valence electrons. The molecule has 2 aliphatic rings. The van der Waals surface area contributed by atoms with Gasteiger partial charge in [0.2, 0.25) is 5.91 Å². The Labute approximate surface area is 109 Å². The van der Waals surface area contributed by atoms with Crippen molar-refractivity contribution >= 4 is 5.91 Å². The molecule has 0 aliphatic carbocycles. The molecule has 2 N–H and O–H groups in total. The van der Waals surface area contributed by atoms with Crippen LogP contribution in [0.1, 0.15) is 26.2 Å². The summed E-state index contributed by atoms with van der Waals surface area (Å²) in [6.45, 7) is 5.38. The van der Waals surface area contributed by atoms with Crippen LogP contribution in [-0.2, 0) is 14.3 Å². The molecule has 0 spiro atoms. The number of hydrogen-bond acceptors (Lipinski definition) is 4. The number of amides is 1. The normalized spacial score (nSPS) is 32.8. The monoisotopic (exact) mass is 256 g/mol. The number of hydrogen-bond donors (Lipinski definition) is 1. The van der Waals surface area contributed by atoms with Gasteiger partial charge in [-0.2, -0.15) is 0 Å². The molecule has 0 bridgehead atoms. The highest BCUT2D eigenvalue weighted by molar-refractivity contribution is 5.80. The lowest BCUT2D eigenvalue weighted by Crippen LogP contribution is -2.49. The van der Waals surface area contributed by atoms with E-state index in [0.29, 0.717) is 19.8 Å². The molecule has 18 heavy (non-hydrogen) atoms. The van der Waals surface area contributed by atoms with Crippen LogP contribution in [0.25, 0.3) is 0 Å². The molecule has 2 fully saturated rings. The zero-order valence-corrected chi connectivity index (χ0v) is 11.1. The lowest BCUT2D eigenvalue weighted by molar-refractivity contribution is -0.140. The number of piperidine rings is 1.